The van der Waals surface area contributed by atoms with E-state index < -0.39 is 5.97 Å². The van der Waals surface area contributed by atoms with Gasteiger partial charge in [-0.05, 0) is 42.0 Å². The lowest BCUT2D eigenvalue weighted by molar-refractivity contribution is -0.304. The molecule has 0 saturated heterocycles. The number of rotatable bonds is 6. The minimum Gasteiger partial charge on any atom is -0.550 e. The predicted molar refractivity (Wildman–Crippen MR) is 89.2 cm³/mol. The second kappa shape index (κ2) is 7.74. The van der Waals surface area contributed by atoms with Crippen LogP contribution in [0.2, 0.25) is 0 Å². The van der Waals surface area contributed by atoms with Gasteiger partial charge in [0.1, 0.15) is 5.75 Å². The molecular weight excluding hydrogens is 360 g/mol. The first-order valence-electron chi connectivity index (χ1n) is 6.84. The molecule has 0 aromatic heterocycles. The van der Waals surface area contributed by atoms with Crippen LogP contribution in [0.15, 0.2) is 53.0 Å². The molecule has 0 fully saturated rings. The summed E-state index contributed by atoms with van der Waals surface area (Å²) in [5, 5.41) is 10.8. The van der Waals surface area contributed by atoms with Crippen LogP contribution in [0.1, 0.15) is 21.5 Å². The summed E-state index contributed by atoms with van der Waals surface area (Å²) in [6.45, 7) is 0. The number of carbonyl (C=O) groups excluding carboxylic acids is 2. The molecular formula is C18H14BrO4-. The SMILES string of the molecule is COc1ccc(C(=O)/C=C/c2cccc(Br)c2)cc1CC(=O)[O-]. The molecule has 0 atom stereocenters. The number of carboxylic acids is 1. The Morgan fingerprint density at radius 3 is 2.65 bits per heavy atom. The van der Waals surface area contributed by atoms with E-state index >= 15 is 0 Å². The monoisotopic (exact) mass is 373 g/mol. The van der Waals surface area contributed by atoms with Crippen molar-refractivity contribution in [2.75, 3.05) is 7.11 Å². The summed E-state index contributed by atoms with van der Waals surface area (Å²) in [7, 11) is 1.45. The molecule has 2 aromatic carbocycles. The molecule has 0 N–H and O–H groups in total. The molecule has 0 unspecified atom stereocenters. The zero-order valence-electron chi connectivity index (χ0n) is 12.4. The van der Waals surface area contributed by atoms with Gasteiger partial charge in [-0.25, -0.2) is 0 Å². The van der Waals surface area contributed by atoms with Crippen LogP contribution in [-0.4, -0.2) is 18.9 Å². The standard InChI is InChI=1S/C18H15BrO4/c1-23-17-8-6-13(10-14(17)11-18(21)22)16(20)7-5-12-3-2-4-15(19)9-12/h2-10H,11H2,1H3,(H,21,22)/p-1/b7-5+. The van der Waals surface area contributed by atoms with Gasteiger partial charge in [-0.2, -0.15) is 0 Å². The Hall–Kier alpha value is -2.40. The fourth-order valence-corrected chi connectivity index (χ4v) is 2.52. The van der Waals surface area contributed by atoms with Crippen LogP contribution in [0, 0.1) is 0 Å². The number of aliphatic carboxylic acids is 1. The van der Waals surface area contributed by atoms with E-state index in [0.29, 0.717) is 16.9 Å². The first-order chi connectivity index (χ1) is 11.0. The molecule has 118 valence electrons. The molecule has 0 spiro atoms. The van der Waals surface area contributed by atoms with Crippen LogP contribution < -0.4 is 9.84 Å². The second-order valence-electron chi connectivity index (χ2n) is 4.83. The van der Waals surface area contributed by atoms with Gasteiger partial charge in [-0.3, -0.25) is 4.79 Å². The lowest BCUT2D eigenvalue weighted by atomic mass is 10.0. The molecule has 2 aromatic rings. The molecule has 0 aliphatic heterocycles. The maximum atomic E-state index is 12.2. The maximum absolute atomic E-state index is 12.2. The summed E-state index contributed by atoms with van der Waals surface area (Å²) in [5.74, 6) is -1.02. The normalized spacial score (nSPS) is 10.7. The molecule has 4 nitrogen and oxygen atoms in total. The summed E-state index contributed by atoms with van der Waals surface area (Å²) in [6, 6.07) is 12.2. The van der Waals surface area contributed by atoms with E-state index in [9.17, 15) is 14.7 Å². The third-order valence-corrected chi connectivity index (χ3v) is 3.67. The van der Waals surface area contributed by atoms with Crippen molar-refractivity contribution in [1.82, 2.24) is 0 Å². The Kier molecular flexibility index (Phi) is 5.71. The number of hydrogen-bond acceptors (Lipinski definition) is 4. The Bertz CT molecular complexity index is 765. The van der Waals surface area contributed by atoms with Crippen molar-refractivity contribution >= 4 is 33.8 Å². The lowest BCUT2D eigenvalue weighted by Crippen LogP contribution is -2.24. The number of carboxylic acid groups (broad SMARTS) is 1. The molecule has 0 heterocycles. The van der Waals surface area contributed by atoms with Gasteiger partial charge >= 0.3 is 0 Å². The third-order valence-electron chi connectivity index (χ3n) is 3.18. The van der Waals surface area contributed by atoms with Gasteiger partial charge in [0.2, 0.25) is 0 Å². The van der Waals surface area contributed by atoms with E-state index in [-0.39, 0.29) is 12.2 Å². The number of ketones is 1. The summed E-state index contributed by atoms with van der Waals surface area (Å²) in [5.41, 5.74) is 1.69. The molecule has 0 radical (unpaired) electrons. The van der Waals surface area contributed by atoms with Crippen molar-refractivity contribution in [2.24, 2.45) is 0 Å². The number of hydrogen-bond donors (Lipinski definition) is 0. The van der Waals surface area contributed by atoms with Crippen molar-refractivity contribution in [1.29, 1.82) is 0 Å². The van der Waals surface area contributed by atoms with Crippen molar-refractivity contribution in [3.8, 4) is 5.75 Å². The molecule has 2 rings (SSSR count). The second-order valence-corrected chi connectivity index (χ2v) is 5.74. The van der Waals surface area contributed by atoms with E-state index in [2.05, 4.69) is 15.9 Å². The Morgan fingerprint density at radius 1 is 1.22 bits per heavy atom. The van der Waals surface area contributed by atoms with Gasteiger partial charge in [0.05, 0.1) is 7.11 Å². The molecule has 0 amide bonds. The molecule has 0 saturated carbocycles. The fourth-order valence-electron chi connectivity index (χ4n) is 2.10. The summed E-state index contributed by atoms with van der Waals surface area (Å²) in [4.78, 5) is 23.0. The number of methoxy groups -OCH3 is 1. The average molecular weight is 374 g/mol. The van der Waals surface area contributed by atoms with Crippen LogP contribution in [0.25, 0.3) is 6.08 Å². The predicted octanol–water partition coefficient (Wildman–Crippen LogP) is 2.65. The van der Waals surface area contributed by atoms with Crippen LogP contribution in [0.4, 0.5) is 0 Å². The van der Waals surface area contributed by atoms with Gasteiger partial charge in [-0.15, -0.1) is 0 Å². The van der Waals surface area contributed by atoms with E-state index in [1.165, 1.54) is 19.3 Å². The summed E-state index contributed by atoms with van der Waals surface area (Å²) in [6.07, 6.45) is 2.85. The van der Waals surface area contributed by atoms with E-state index in [4.69, 9.17) is 4.74 Å². The van der Waals surface area contributed by atoms with E-state index in [0.717, 1.165) is 10.0 Å². The van der Waals surface area contributed by atoms with Crippen LogP contribution in [0.3, 0.4) is 0 Å². The third kappa shape index (κ3) is 4.79. The molecule has 23 heavy (non-hydrogen) atoms. The van der Waals surface area contributed by atoms with Gasteiger partial charge in [0, 0.05) is 28.0 Å². The maximum Gasteiger partial charge on any atom is 0.185 e. The summed E-state index contributed by atoms with van der Waals surface area (Å²) >= 11 is 3.37. The quantitative estimate of drug-likeness (QED) is 0.576. The zero-order valence-corrected chi connectivity index (χ0v) is 14.0. The van der Waals surface area contributed by atoms with Crippen molar-refractivity contribution < 1.29 is 19.4 Å². The van der Waals surface area contributed by atoms with Crippen LogP contribution in [0.5, 0.6) is 5.75 Å². The highest BCUT2D eigenvalue weighted by Crippen LogP contribution is 2.21. The highest BCUT2D eigenvalue weighted by molar-refractivity contribution is 9.10. The van der Waals surface area contributed by atoms with E-state index in [1.54, 1.807) is 18.2 Å². The number of carbonyl (C=O) groups is 2. The lowest BCUT2D eigenvalue weighted by Gasteiger charge is -2.10. The van der Waals surface area contributed by atoms with Gasteiger partial charge in [0.25, 0.3) is 0 Å². The van der Waals surface area contributed by atoms with Crippen molar-refractivity contribution in [2.45, 2.75) is 6.42 Å². The Labute approximate surface area is 142 Å². The van der Waals surface area contributed by atoms with Gasteiger partial charge in [0.15, 0.2) is 5.78 Å². The minimum absolute atomic E-state index is 0.216. The van der Waals surface area contributed by atoms with Crippen molar-refractivity contribution in [3.05, 3.63) is 69.7 Å². The topological polar surface area (TPSA) is 66.4 Å². The van der Waals surface area contributed by atoms with Crippen LogP contribution >= 0.6 is 15.9 Å². The van der Waals surface area contributed by atoms with Gasteiger partial charge in [-0.1, -0.05) is 34.1 Å². The van der Waals surface area contributed by atoms with Gasteiger partial charge < -0.3 is 14.6 Å². The molecule has 0 bridgehead atoms. The Morgan fingerprint density at radius 2 is 2.00 bits per heavy atom. The highest BCUT2D eigenvalue weighted by Gasteiger charge is 2.08. The summed E-state index contributed by atoms with van der Waals surface area (Å²) < 4.78 is 6.02. The Balaban J connectivity index is 2.23. The first kappa shape index (κ1) is 17.0. The smallest absolute Gasteiger partial charge is 0.185 e. The number of ether oxygens (including phenoxy) is 1. The number of allylic oxidation sites excluding steroid dienone is 1. The zero-order chi connectivity index (χ0) is 16.8. The van der Waals surface area contributed by atoms with Crippen molar-refractivity contribution in [3.63, 3.8) is 0 Å². The number of benzene rings is 2. The number of halogens is 1. The van der Waals surface area contributed by atoms with E-state index in [1.807, 2.05) is 24.3 Å². The van der Waals surface area contributed by atoms with Crippen LogP contribution in [-0.2, 0) is 11.2 Å². The molecule has 0 aliphatic rings. The largest absolute Gasteiger partial charge is 0.550 e. The molecule has 0 aliphatic carbocycles. The first-order valence-corrected chi connectivity index (χ1v) is 7.63. The average Bonchev–Trinajstić information content (AvgIpc) is 2.52. The fraction of sp³-hybridized carbons (Fsp3) is 0.111. The highest BCUT2D eigenvalue weighted by atomic mass is 79.9. The minimum atomic E-state index is -1.22. The molecule has 5 heteroatoms.